The molecule has 0 atom stereocenters. The van der Waals surface area contributed by atoms with Crippen molar-refractivity contribution in [2.24, 2.45) is 4.99 Å². The third-order valence-electron chi connectivity index (χ3n) is 3.23. The van der Waals surface area contributed by atoms with Crippen molar-refractivity contribution in [2.45, 2.75) is 13.8 Å². The smallest absolute Gasteiger partial charge is 0.363 e. The number of esters is 1. The number of cyclic esters (lactones) is 1. The van der Waals surface area contributed by atoms with Crippen LogP contribution >= 0.6 is 0 Å². The summed E-state index contributed by atoms with van der Waals surface area (Å²) in [5.74, 6) is -0.0457. The number of ether oxygens (including phenoxy) is 1. The van der Waals surface area contributed by atoms with E-state index in [-0.39, 0.29) is 0 Å². The van der Waals surface area contributed by atoms with Crippen LogP contribution in [0.15, 0.2) is 59.2 Å². The van der Waals surface area contributed by atoms with Crippen LogP contribution in [0, 0.1) is 13.8 Å². The minimum absolute atomic E-state index is 0.331. The number of hydrogen-bond acceptors (Lipinski definition) is 3. The summed E-state index contributed by atoms with van der Waals surface area (Å²) < 4.78 is 5.26. The van der Waals surface area contributed by atoms with E-state index in [1.807, 2.05) is 62.4 Å². The quantitative estimate of drug-likeness (QED) is 0.621. The average molecular weight is 277 g/mol. The molecule has 1 aliphatic rings. The van der Waals surface area contributed by atoms with E-state index >= 15 is 0 Å². The van der Waals surface area contributed by atoms with Crippen molar-refractivity contribution in [3.63, 3.8) is 0 Å². The maximum atomic E-state index is 11.9. The Bertz CT molecular complexity index is 772. The van der Waals surface area contributed by atoms with Crippen molar-refractivity contribution in [1.82, 2.24) is 0 Å². The van der Waals surface area contributed by atoms with Crippen molar-refractivity contribution in [2.75, 3.05) is 0 Å². The maximum Gasteiger partial charge on any atom is 0.363 e. The first-order valence-electron chi connectivity index (χ1n) is 6.78. The van der Waals surface area contributed by atoms with E-state index in [0.717, 1.165) is 22.3 Å². The first-order valence-corrected chi connectivity index (χ1v) is 6.78. The number of rotatable bonds is 2. The van der Waals surface area contributed by atoms with Crippen molar-refractivity contribution in [1.29, 1.82) is 0 Å². The fourth-order valence-electron chi connectivity index (χ4n) is 2.23. The average Bonchev–Trinajstić information content (AvgIpc) is 2.80. The third kappa shape index (κ3) is 2.92. The van der Waals surface area contributed by atoms with Crippen molar-refractivity contribution < 1.29 is 9.53 Å². The van der Waals surface area contributed by atoms with Gasteiger partial charge in [0.05, 0.1) is 0 Å². The Balaban J connectivity index is 1.95. The van der Waals surface area contributed by atoms with Crippen LogP contribution in [-0.2, 0) is 9.53 Å². The van der Waals surface area contributed by atoms with Crippen LogP contribution in [0.1, 0.15) is 22.3 Å². The lowest BCUT2D eigenvalue weighted by molar-refractivity contribution is -0.129. The van der Waals surface area contributed by atoms with E-state index in [1.54, 1.807) is 6.08 Å². The summed E-state index contributed by atoms with van der Waals surface area (Å²) in [6.07, 6.45) is 1.75. The number of nitrogens with zero attached hydrogens (tertiary/aromatic N) is 1. The van der Waals surface area contributed by atoms with Gasteiger partial charge in [-0.25, -0.2) is 9.79 Å². The fraction of sp³-hybridized carbons (Fsp3) is 0.111. The molecule has 0 saturated carbocycles. The predicted octanol–water partition coefficient (Wildman–Crippen LogP) is 3.65. The molecule has 0 spiro atoms. The molecule has 0 saturated heterocycles. The zero-order valence-corrected chi connectivity index (χ0v) is 12.0. The van der Waals surface area contributed by atoms with Crippen LogP contribution in [0.3, 0.4) is 0 Å². The first kappa shape index (κ1) is 13.3. The molecule has 3 heteroatoms. The lowest BCUT2D eigenvalue weighted by atomic mass is 10.1. The molecule has 0 fully saturated rings. The van der Waals surface area contributed by atoms with Crippen LogP contribution < -0.4 is 0 Å². The van der Waals surface area contributed by atoms with Gasteiger partial charge in [-0.2, -0.15) is 0 Å². The molecule has 0 N–H and O–H groups in total. The Morgan fingerprint density at radius 3 is 2.43 bits per heavy atom. The van der Waals surface area contributed by atoms with Gasteiger partial charge < -0.3 is 4.74 Å². The van der Waals surface area contributed by atoms with E-state index in [1.165, 1.54) is 0 Å². The molecule has 0 bridgehead atoms. The molecule has 0 radical (unpaired) electrons. The predicted molar refractivity (Wildman–Crippen MR) is 83.0 cm³/mol. The lowest BCUT2D eigenvalue weighted by Crippen LogP contribution is -2.05. The monoisotopic (exact) mass is 277 g/mol. The zero-order valence-electron chi connectivity index (χ0n) is 12.0. The van der Waals surface area contributed by atoms with Gasteiger partial charge in [-0.1, -0.05) is 47.5 Å². The molecule has 3 nitrogen and oxygen atoms in total. The van der Waals surface area contributed by atoms with Crippen molar-refractivity contribution >= 4 is 17.9 Å². The number of benzene rings is 2. The third-order valence-corrected chi connectivity index (χ3v) is 3.23. The van der Waals surface area contributed by atoms with Crippen LogP contribution in [-0.4, -0.2) is 11.9 Å². The van der Waals surface area contributed by atoms with Gasteiger partial charge in [-0.3, -0.25) is 0 Å². The summed E-state index contributed by atoms with van der Waals surface area (Å²) in [6.45, 7) is 4.00. The van der Waals surface area contributed by atoms with Gasteiger partial charge in [-0.05, 0) is 37.6 Å². The molecular formula is C18H15NO2. The van der Waals surface area contributed by atoms with Gasteiger partial charge in [0.15, 0.2) is 5.70 Å². The Kier molecular flexibility index (Phi) is 3.40. The summed E-state index contributed by atoms with van der Waals surface area (Å²) in [4.78, 5) is 16.2. The summed E-state index contributed by atoms with van der Waals surface area (Å²) in [6, 6.07) is 15.6. The van der Waals surface area contributed by atoms with Crippen LogP contribution in [0.2, 0.25) is 0 Å². The number of carbonyl (C=O) groups excluding carboxylic acids is 1. The second-order valence-corrected chi connectivity index (χ2v) is 5.12. The van der Waals surface area contributed by atoms with Crippen LogP contribution in [0.5, 0.6) is 0 Å². The minimum Gasteiger partial charge on any atom is -0.402 e. The summed E-state index contributed by atoms with van der Waals surface area (Å²) >= 11 is 0. The normalized spacial score (nSPS) is 16.0. The molecule has 0 amide bonds. The van der Waals surface area contributed by atoms with Gasteiger partial charge in [-0.15, -0.1) is 0 Å². The van der Waals surface area contributed by atoms with Crippen molar-refractivity contribution in [3.8, 4) is 0 Å². The maximum absolute atomic E-state index is 11.9. The molecule has 104 valence electrons. The van der Waals surface area contributed by atoms with Gasteiger partial charge >= 0.3 is 5.97 Å². The van der Waals surface area contributed by atoms with Gasteiger partial charge in [0, 0.05) is 5.56 Å². The molecular weight excluding hydrogens is 262 g/mol. The van der Waals surface area contributed by atoms with E-state index in [2.05, 4.69) is 4.99 Å². The second-order valence-electron chi connectivity index (χ2n) is 5.12. The summed E-state index contributed by atoms with van der Waals surface area (Å²) in [7, 11) is 0. The highest BCUT2D eigenvalue weighted by Gasteiger charge is 2.24. The van der Waals surface area contributed by atoms with Crippen LogP contribution in [0.25, 0.3) is 6.08 Å². The lowest BCUT2D eigenvalue weighted by Gasteiger charge is -1.99. The van der Waals surface area contributed by atoms with Gasteiger partial charge in [0.2, 0.25) is 5.90 Å². The molecule has 0 aromatic heterocycles. The molecule has 21 heavy (non-hydrogen) atoms. The van der Waals surface area contributed by atoms with E-state index in [4.69, 9.17) is 4.74 Å². The summed E-state index contributed by atoms with van der Waals surface area (Å²) in [5.41, 5.74) is 4.32. The molecule has 0 aliphatic carbocycles. The SMILES string of the molecule is Cc1cccc(/C=C2\N=C(c3cccc(C)c3)OC2=O)c1. The Morgan fingerprint density at radius 1 is 1.00 bits per heavy atom. The van der Waals surface area contributed by atoms with E-state index in [9.17, 15) is 4.79 Å². The topological polar surface area (TPSA) is 38.7 Å². The van der Waals surface area contributed by atoms with Gasteiger partial charge in [0.25, 0.3) is 0 Å². The molecule has 1 heterocycles. The molecule has 3 rings (SSSR count). The molecule has 2 aromatic rings. The molecule has 0 unspecified atom stereocenters. The summed E-state index contributed by atoms with van der Waals surface area (Å²) in [5, 5.41) is 0. The minimum atomic E-state index is -0.409. The number of aliphatic imine (C=N–C) groups is 1. The highest BCUT2D eigenvalue weighted by atomic mass is 16.6. The fourth-order valence-corrected chi connectivity index (χ4v) is 2.23. The highest BCUT2D eigenvalue weighted by Crippen LogP contribution is 2.20. The number of hydrogen-bond donors (Lipinski definition) is 0. The molecule has 2 aromatic carbocycles. The Morgan fingerprint density at radius 2 is 1.71 bits per heavy atom. The Hall–Kier alpha value is -2.68. The largest absolute Gasteiger partial charge is 0.402 e. The van der Waals surface area contributed by atoms with Gasteiger partial charge in [0.1, 0.15) is 0 Å². The standard InChI is InChI=1S/C18H15NO2/c1-12-5-3-7-14(9-12)11-16-18(20)21-17(19-16)15-8-4-6-13(2)10-15/h3-11H,1-2H3/b16-11-. The highest BCUT2D eigenvalue weighted by molar-refractivity contribution is 6.12. The first-order chi connectivity index (χ1) is 10.1. The molecule has 1 aliphatic heterocycles. The van der Waals surface area contributed by atoms with E-state index < -0.39 is 5.97 Å². The van der Waals surface area contributed by atoms with Crippen LogP contribution in [0.4, 0.5) is 0 Å². The number of carbonyl (C=O) groups is 1. The van der Waals surface area contributed by atoms with E-state index in [0.29, 0.717) is 11.6 Å². The zero-order chi connectivity index (χ0) is 14.8. The Labute approximate surface area is 123 Å². The van der Waals surface area contributed by atoms with Crippen molar-refractivity contribution in [3.05, 3.63) is 76.5 Å². The second kappa shape index (κ2) is 5.37. The number of aryl methyl sites for hydroxylation is 2.